The summed E-state index contributed by atoms with van der Waals surface area (Å²) in [5, 5.41) is 0. The molecule has 0 saturated heterocycles. The van der Waals surface area contributed by atoms with Crippen molar-refractivity contribution in [3.63, 3.8) is 0 Å². The molecule has 0 fully saturated rings. The molecule has 0 atom stereocenters. The summed E-state index contributed by atoms with van der Waals surface area (Å²) in [5.41, 5.74) is -4.38. The Morgan fingerprint density at radius 3 is 1.84 bits per heavy atom. The topological polar surface area (TPSA) is 52.1 Å². The van der Waals surface area contributed by atoms with Crippen molar-refractivity contribution >= 4 is 5.97 Å². The highest BCUT2D eigenvalue weighted by Crippen LogP contribution is 2.46. The summed E-state index contributed by atoms with van der Waals surface area (Å²) < 4.78 is 131. The van der Waals surface area contributed by atoms with Gasteiger partial charge in [0.1, 0.15) is 11.3 Å². The lowest BCUT2D eigenvalue weighted by Crippen LogP contribution is -2.40. The first-order valence-corrected chi connectivity index (χ1v) is 6.01. The molecule has 1 aromatic rings. The number of rotatable bonds is 4. The highest BCUT2D eigenvalue weighted by Gasteiger charge is 2.64. The second-order valence-corrected chi connectivity index (χ2v) is 4.32. The molecule has 0 spiro atoms. The zero-order valence-electron chi connectivity index (χ0n) is 11.8. The Labute approximate surface area is 131 Å². The number of aromatic nitrogens is 2. The average Bonchev–Trinajstić information content (AvgIpc) is 2.44. The van der Waals surface area contributed by atoms with Crippen LogP contribution in [-0.2, 0) is 16.6 Å². The van der Waals surface area contributed by atoms with Crippen LogP contribution in [-0.4, -0.2) is 34.9 Å². The second kappa shape index (κ2) is 6.29. The molecule has 1 aromatic heterocycles. The first kappa shape index (κ1) is 20.9. The van der Waals surface area contributed by atoms with Gasteiger partial charge in [0.2, 0.25) is 5.82 Å². The molecule has 0 saturated carbocycles. The van der Waals surface area contributed by atoms with Crippen molar-refractivity contribution < 1.29 is 53.4 Å². The standard InChI is InChI=1S/C11H6F10N2O2/c1-2-25-6(24)4-3-22-7(9(14,15)11(19,20)21)23-5(4)8(12,13)10(16,17)18/h3H,2H2,1H3. The molecule has 0 bridgehead atoms. The molecule has 1 heterocycles. The van der Waals surface area contributed by atoms with Crippen molar-refractivity contribution in [3.8, 4) is 0 Å². The number of ether oxygens (including phenoxy) is 1. The highest BCUT2D eigenvalue weighted by molar-refractivity contribution is 5.90. The maximum Gasteiger partial charge on any atom is 0.461 e. The van der Waals surface area contributed by atoms with Crippen LogP contribution in [0.2, 0.25) is 0 Å². The lowest BCUT2D eigenvalue weighted by Gasteiger charge is -2.23. The smallest absolute Gasteiger partial charge is 0.461 e. The van der Waals surface area contributed by atoms with Crippen molar-refractivity contribution in [2.24, 2.45) is 0 Å². The van der Waals surface area contributed by atoms with Gasteiger partial charge >= 0.3 is 30.2 Å². The van der Waals surface area contributed by atoms with E-state index < -0.39 is 53.9 Å². The maximum atomic E-state index is 13.4. The second-order valence-electron chi connectivity index (χ2n) is 4.32. The van der Waals surface area contributed by atoms with Gasteiger partial charge < -0.3 is 4.74 Å². The predicted octanol–water partition coefficient (Wildman–Crippen LogP) is 3.96. The van der Waals surface area contributed by atoms with Crippen molar-refractivity contribution in [2.75, 3.05) is 6.61 Å². The van der Waals surface area contributed by atoms with Crippen molar-refractivity contribution in [1.29, 1.82) is 0 Å². The summed E-state index contributed by atoms with van der Waals surface area (Å²) in [6.45, 7) is 0.614. The van der Waals surface area contributed by atoms with Crippen LogP contribution in [0.4, 0.5) is 43.9 Å². The van der Waals surface area contributed by atoms with Gasteiger partial charge in [-0.05, 0) is 6.92 Å². The lowest BCUT2D eigenvalue weighted by molar-refractivity contribution is -0.296. The fourth-order valence-electron chi connectivity index (χ4n) is 1.39. The normalized spacial score (nSPS) is 13.7. The number of carbonyl (C=O) groups excluding carboxylic acids is 1. The van der Waals surface area contributed by atoms with Gasteiger partial charge in [0.05, 0.1) is 6.61 Å². The maximum absolute atomic E-state index is 13.4. The molecule has 0 amide bonds. The number of hydrogen-bond acceptors (Lipinski definition) is 4. The van der Waals surface area contributed by atoms with Gasteiger partial charge in [0.25, 0.3) is 0 Å². The molecule has 0 aliphatic carbocycles. The Balaban J connectivity index is 3.69. The van der Waals surface area contributed by atoms with Crippen molar-refractivity contribution in [3.05, 3.63) is 23.3 Å². The van der Waals surface area contributed by atoms with Gasteiger partial charge in [-0.1, -0.05) is 0 Å². The third-order valence-corrected chi connectivity index (χ3v) is 2.57. The van der Waals surface area contributed by atoms with E-state index >= 15 is 0 Å². The van der Waals surface area contributed by atoms with Crippen molar-refractivity contribution in [2.45, 2.75) is 31.1 Å². The fourth-order valence-corrected chi connectivity index (χ4v) is 1.39. The number of esters is 1. The minimum absolute atomic E-state index is 0.311. The van der Waals surface area contributed by atoms with E-state index in [1.54, 1.807) is 0 Å². The molecule has 1 rings (SSSR count). The van der Waals surface area contributed by atoms with Crippen LogP contribution in [0.25, 0.3) is 0 Å². The third kappa shape index (κ3) is 3.76. The zero-order chi connectivity index (χ0) is 19.8. The summed E-state index contributed by atoms with van der Waals surface area (Å²) in [4.78, 5) is 15.8. The van der Waals surface area contributed by atoms with Gasteiger partial charge in [-0.15, -0.1) is 0 Å². The quantitative estimate of drug-likeness (QED) is 0.579. The number of halogens is 10. The van der Waals surface area contributed by atoms with Crippen LogP contribution in [0.15, 0.2) is 6.20 Å². The van der Waals surface area contributed by atoms with Gasteiger partial charge in [-0.25, -0.2) is 14.8 Å². The number of alkyl halides is 10. The number of carbonyl (C=O) groups is 1. The molecule has 0 radical (unpaired) electrons. The SMILES string of the molecule is CCOC(=O)c1cnc(C(F)(F)C(F)(F)F)nc1C(F)(F)C(F)(F)F. The van der Waals surface area contributed by atoms with Crippen LogP contribution in [0.1, 0.15) is 28.8 Å². The fraction of sp³-hybridized carbons (Fsp3) is 0.545. The first-order valence-electron chi connectivity index (χ1n) is 6.01. The molecule has 0 N–H and O–H groups in total. The van der Waals surface area contributed by atoms with Gasteiger partial charge in [0, 0.05) is 6.20 Å². The molecule has 0 aliphatic heterocycles. The van der Waals surface area contributed by atoms with E-state index in [9.17, 15) is 48.7 Å². The van der Waals surface area contributed by atoms with Gasteiger partial charge in [0.15, 0.2) is 0 Å². The summed E-state index contributed by atoms with van der Waals surface area (Å²) >= 11 is 0. The zero-order valence-corrected chi connectivity index (χ0v) is 11.8. The predicted molar refractivity (Wildman–Crippen MR) is 57.9 cm³/mol. The van der Waals surface area contributed by atoms with Crippen LogP contribution < -0.4 is 0 Å². The first-order chi connectivity index (χ1) is 11.1. The largest absolute Gasteiger partial charge is 0.462 e. The molecule has 0 aliphatic rings. The molecule has 0 aromatic carbocycles. The van der Waals surface area contributed by atoms with E-state index in [1.807, 2.05) is 4.98 Å². The summed E-state index contributed by atoms with van der Waals surface area (Å²) in [6, 6.07) is 0. The van der Waals surface area contributed by atoms with Crippen LogP contribution in [0, 0.1) is 0 Å². The van der Waals surface area contributed by atoms with E-state index in [1.165, 1.54) is 0 Å². The Hall–Kier alpha value is -2.15. The molecule has 25 heavy (non-hydrogen) atoms. The number of hydrogen-bond donors (Lipinski definition) is 0. The minimum Gasteiger partial charge on any atom is -0.462 e. The Morgan fingerprint density at radius 1 is 0.960 bits per heavy atom. The van der Waals surface area contributed by atoms with Crippen molar-refractivity contribution in [1.82, 2.24) is 9.97 Å². The van der Waals surface area contributed by atoms with Crippen LogP contribution >= 0.6 is 0 Å². The summed E-state index contributed by atoms with van der Waals surface area (Å²) in [6.07, 6.45) is -13.1. The Kier molecular flexibility index (Phi) is 5.26. The van der Waals surface area contributed by atoms with E-state index in [0.717, 1.165) is 6.92 Å². The third-order valence-electron chi connectivity index (χ3n) is 2.57. The molecule has 0 unspecified atom stereocenters. The van der Waals surface area contributed by atoms with E-state index in [0.29, 0.717) is 0 Å². The van der Waals surface area contributed by atoms with Crippen LogP contribution in [0.3, 0.4) is 0 Å². The summed E-state index contributed by atoms with van der Waals surface area (Å²) in [7, 11) is 0. The molecule has 142 valence electrons. The molecular formula is C11H6F10N2O2. The van der Waals surface area contributed by atoms with Gasteiger partial charge in [-0.3, -0.25) is 0 Å². The van der Waals surface area contributed by atoms with E-state index in [2.05, 4.69) is 9.72 Å². The lowest BCUT2D eigenvalue weighted by atomic mass is 10.1. The molecular weight excluding hydrogens is 382 g/mol. The highest BCUT2D eigenvalue weighted by atomic mass is 19.4. The van der Waals surface area contributed by atoms with Crippen LogP contribution in [0.5, 0.6) is 0 Å². The average molecular weight is 388 g/mol. The Morgan fingerprint density at radius 2 is 1.44 bits per heavy atom. The minimum atomic E-state index is -6.44. The summed E-state index contributed by atoms with van der Waals surface area (Å²) in [5.74, 6) is -16.5. The van der Waals surface area contributed by atoms with Gasteiger partial charge in [-0.2, -0.15) is 43.9 Å². The number of nitrogens with zero attached hydrogens (tertiary/aromatic N) is 2. The van der Waals surface area contributed by atoms with E-state index in [4.69, 9.17) is 0 Å². The Bertz CT molecular complexity index is 653. The monoisotopic (exact) mass is 388 g/mol. The molecule has 14 heteroatoms. The molecule has 4 nitrogen and oxygen atoms in total. The van der Waals surface area contributed by atoms with E-state index in [-0.39, 0.29) is 6.20 Å².